The molecule has 0 saturated carbocycles. The molecule has 5 rings (SSSR count). The summed E-state index contributed by atoms with van der Waals surface area (Å²) in [5.41, 5.74) is 2.59. The maximum atomic E-state index is 4.54. The van der Waals surface area contributed by atoms with Gasteiger partial charge in [-0.05, 0) is 62.0 Å². The topological polar surface area (TPSA) is 67.6 Å². The second kappa shape index (κ2) is 7.48. The number of piperidine rings is 1. The fraction of sp³-hybridized carbons (Fsp3) is 0.409. The van der Waals surface area contributed by atoms with Crippen LogP contribution in [0, 0.1) is 6.92 Å². The van der Waals surface area contributed by atoms with E-state index in [-0.39, 0.29) is 0 Å². The molecule has 1 aromatic carbocycles. The van der Waals surface area contributed by atoms with Crippen LogP contribution in [-0.4, -0.2) is 47.3 Å². The molecule has 29 heavy (non-hydrogen) atoms. The summed E-state index contributed by atoms with van der Waals surface area (Å²) in [4.78, 5) is 10.1. The number of benzene rings is 1. The highest BCUT2D eigenvalue weighted by Crippen LogP contribution is 2.28. The van der Waals surface area contributed by atoms with Crippen molar-refractivity contribution in [2.45, 2.75) is 38.8 Å². The lowest BCUT2D eigenvalue weighted by Gasteiger charge is -2.31. The number of rotatable bonds is 5. The number of aromatic nitrogens is 6. The van der Waals surface area contributed by atoms with Crippen LogP contribution in [-0.2, 0) is 20.1 Å². The minimum absolute atomic E-state index is 0.480. The van der Waals surface area contributed by atoms with Gasteiger partial charge in [0, 0.05) is 43.6 Å². The van der Waals surface area contributed by atoms with Gasteiger partial charge in [-0.3, -0.25) is 4.90 Å². The number of hydrogen-bond acceptors (Lipinski definition) is 4. The Labute approximate surface area is 170 Å². The molecule has 0 amide bonds. The van der Waals surface area contributed by atoms with E-state index in [4.69, 9.17) is 0 Å². The van der Waals surface area contributed by atoms with Crippen LogP contribution in [0.1, 0.15) is 41.8 Å². The standard InChI is InChI=1S/C22H27N7/c1-16-23-9-12-29(16)15-21-25-26-22(27(21)2)18-6-10-28(11-7-18)14-17-3-4-20-19(13-17)5-8-24-20/h3-5,8-9,12-13,18,24H,6-7,10-11,14-15H2,1-2H3. The Morgan fingerprint density at radius 3 is 2.76 bits per heavy atom. The summed E-state index contributed by atoms with van der Waals surface area (Å²) < 4.78 is 4.29. The lowest BCUT2D eigenvalue weighted by Crippen LogP contribution is -2.33. The van der Waals surface area contributed by atoms with Gasteiger partial charge in [-0.25, -0.2) is 4.98 Å². The van der Waals surface area contributed by atoms with Crippen molar-refractivity contribution in [3.8, 4) is 0 Å². The highest BCUT2D eigenvalue weighted by Gasteiger charge is 2.25. The summed E-state index contributed by atoms with van der Waals surface area (Å²) in [6.07, 6.45) is 8.08. The molecule has 1 aliphatic heterocycles. The molecular formula is C22H27N7. The minimum atomic E-state index is 0.480. The molecule has 3 aromatic heterocycles. The second-order valence-corrected chi connectivity index (χ2v) is 8.09. The van der Waals surface area contributed by atoms with E-state index >= 15 is 0 Å². The van der Waals surface area contributed by atoms with Crippen LogP contribution in [0.3, 0.4) is 0 Å². The van der Waals surface area contributed by atoms with E-state index < -0.39 is 0 Å². The molecule has 0 unspecified atom stereocenters. The van der Waals surface area contributed by atoms with E-state index in [1.807, 2.05) is 25.5 Å². The van der Waals surface area contributed by atoms with Crippen molar-refractivity contribution in [3.05, 3.63) is 65.9 Å². The average molecular weight is 390 g/mol. The number of nitrogens with zero attached hydrogens (tertiary/aromatic N) is 6. The van der Waals surface area contributed by atoms with Crippen molar-refractivity contribution < 1.29 is 0 Å². The lowest BCUT2D eigenvalue weighted by molar-refractivity contribution is 0.200. The molecule has 0 spiro atoms. The van der Waals surface area contributed by atoms with Gasteiger partial charge < -0.3 is 14.1 Å². The lowest BCUT2D eigenvalue weighted by atomic mass is 9.95. The zero-order valence-corrected chi connectivity index (χ0v) is 17.0. The first-order chi connectivity index (χ1) is 14.2. The summed E-state index contributed by atoms with van der Waals surface area (Å²) in [7, 11) is 2.09. The van der Waals surface area contributed by atoms with Gasteiger partial charge in [0.15, 0.2) is 5.82 Å². The summed E-state index contributed by atoms with van der Waals surface area (Å²) in [5.74, 6) is 3.59. The van der Waals surface area contributed by atoms with Gasteiger partial charge in [-0.2, -0.15) is 0 Å². The molecule has 4 aromatic rings. The van der Waals surface area contributed by atoms with Crippen LogP contribution in [0.4, 0.5) is 0 Å². The predicted molar refractivity (Wildman–Crippen MR) is 113 cm³/mol. The van der Waals surface area contributed by atoms with Gasteiger partial charge in [-0.1, -0.05) is 6.07 Å². The van der Waals surface area contributed by atoms with E-state index in [2.05, 4.69) is 65.5 Å². The summed E-state index contributed by atoms with van der Waals surface area (Å²) in [6.45, 7) is 5.94. The third-order valence-electron chi connectivity index (χ3n) is 6.21. The normalized spacial score (nSPS) is 16.1. The Morgan fingerprint density at radius 1 is 1.10 bits per heavy atom. The van der Waals surface area contributed by atoms with Crippen molar-refractivity contribution >= 4 is 10.9 Å². The van der Waals surface area contributed by atoms with Crippen LogP contribution in [0.5, 0.6) is 0 Å². The fourth-order valence-corrected chi connectivity index (χ4v) is 4.40. The van der Waals surface area contributed by atoms with Crippen LogP contribution < -0.4 is 0 Å². The molecular weight excluding hydrogens is 362 g/mol. The third-order valence-corrected chi connectivity index (χ3v) is 6.21. The summed E-state index contributed by atoms with van der Waals surface area (Å²) in [6, 6.07) is 8.85. The van der Waals surface area contributed by atoms with Crippen molar-refractivity contribution in [3.63, 3.8) is 0 Å². The number of hydrogen-bond donors (Lipinski definition) is 1. The fourth-order valence-electron chi connectivity index (χ4n) is 4.40. The number of aromatic amines is 1. The van der Waals surface area contributed by atoms with E-state index in [1.165, 1.54) is 16.5 Å². The molecule has 0 atom stereocenters. The number of likely N-dealkylation sites (tertiary alicyclic amines) is 1. The van der Waals surface area contributed by atoms with Gasteiger partial charge in [0.05, 0.1) is 6.54 Å². The average Bonchev–Trinajstić information content (AvgIpc) is 3.44. The van der Waals surface area contributed by atoms with Gasteiger partial charge in [0.25, 0.3) is 0 Å². The zero-order valence-electron chi connectivity index (χ0n) is 17.0. The van der Waals surface area contributed by atoms with Gasteiger partial charge in [0.2, 0.25) is 0 Å². The Morgan fingerprint density at radius 2 is 1.97 bits per heavy atom. The molecule has 1 fully saturated rings. The third kappa shape index (κ3) is 3.58. The number of fused-ring (bicyclic) bond motifs is 1. The van der Waals surface area contributed by atoms with E-state index in [0.29, 0.717) is 5.92 Å². The first kappa shape index (κ1) is 18.1. The summed E-state index contributed by atoms with van der Waals surface area (Å²) in [5, 5.41) is 10.3. The molecule has 150 valence electrons. The minimum Gasteiger partial charge on any atom is -0.361 e. The molecule has 1 aliphatic rings. The largest absolute Gasteiger partial charge is 0.361 e. The molecule has 7 nitrogen and oxygen atoms in total. The van der Waals surface area contributed by atoms with Crippen LogP contribution >= 0.6 is 0 Å². The maximum absolute atomic E-state index is 4.54. The first-order valence-corrected chi connectivity index (χ1v) is 10.3. The van der Waals surface area contributed by atoms with Crippen molar-refractivity contribution in [1.82, 2.24) is 34.2 Å². The summed E-state index contributed by atoms with van der Waals surface area (Å²) >= 11 is 0. The first-order valence-electron chi connectivity index (χ1n) is 10.3. The highest BCUT2D eigenvalue weighted by molar-refractivity contribution is 5.79. The monoisotopic (exact) mass is 389 g/mol. The van der Waals surface area contributed by atoms with E-state index in [1.54, 1.807) is 0 Å². The number of H-pyrrole nitrogens is 1. The predicted octanol–water partition coefficient (Wildman–Crippen LogP) is 3.23. The van der Waals surface area contributed by atoms with Gasteiger partial charge in [-0.15, -0.1) is 10.2 Å². The van der Waals surface area contributed by atoms with Crippen molar-refractivity contribution in [1.29, 1.82) is 0 Å². The molecule has 0 bridgehead atoms. The van der Waals surface area contributed by atoms with Crippen molar-refractivity contribution in [2.24, 2.45) is 7.05 Å². The van der Waals surface area contributed by atoms with Crippen LogP contribution in [0.15, 0.2) is 42.9 Å². The Balaban J connectivity index is 1.22. The number of nitrogens with one attached hydrogen (secondary N) is 1. The van der Waals surface area contributed by atoms with Gasteiger partial charge >= 0.3 is 0 Å². The molecule has 0 radical (unpaired) electrons. The molecule has 0 aliphatic carbocycles. The number of imidazole rings is 1. The molecule has 1 N–H and O–H groups in total. The Bertz CT molecular complexity index is 1110. The molecule has 4 heterocycles. The maximum Gasteiger partial charge on any atom is 0.152 e. The van der Waals surface area contributed by atoms with Crippen molar-refractivity contribution in [2.75, 3.05) is 13.1 Å². The highest BCUT2D eigenvalue weighted by atomic mass is 15.3. The number of aryl methyl sites for hydroxylation is 1. The van der Waals surface area contributed by atoms with E-state index in [9.17, 15) is 0 Å². The smallest absolute Gasteiger partial charge is 0.152 e. The van der Waals surface area contributed by atoms with E-state index in [0.717, 1.165) is 56.5 Å². The SMILES string of the molecule is Cc1nccn1Cc1nnc(C2CCN(Cc3ccc4[nH]ccc4c3)CC2)n1C. The van der Waals surface area contributed by atoms with Crippen LogP contribution in [0.25, 0.3) is 10.9 Å². The second-order valence-electron chi connectivity index (χ2n) is 8.09. The Hall–Kier alpha value is -2.93. The Kier molecular flexibility index (Phi) is 4.67. The molecule has 7 heteroatoms. The molecule has 1 saturated heterocycles. The quantitative estimate of drug-likeness (QED) is 0.569. The van der Waals surface area contributed by atoms with Crippen LogP contribution in [0.2, 0.25) is 0 Å². The van der Waals surface area contributed by atoms with Gasteiger partial charge in [0.1, 0.15) is 11.6 Å². The zero-order chi connectivity index (χ0) is 19.8.